The number of benzene rings is 1. The Balaban J connectivity index is 2.14. The van der Waals surface area contributed by atoms with Gasteiger partial charge in [0.15, 0.2) is 0 Å². The van der Waals surface area contributed by atoms with Gasteiger partial charge in [0.2, 0.25) is 0 Å². The number of ether oxygens (including phenoxy) is 1. The summed E-state index contributed by atoms with van der Waals surface area (Å²) in [7, 11) is 3.19. The van der Waals surface area contributed by atoms with Gasteiger partial charge in [-0.15, -0.1) is 11.3 Å². The standard InChI is InChI=1S/C14H16N2O3S/c1-9-15-10(8-20-9)7-16(2)14(18)12-5-4-11(19-3)6-13(12)17/h4-6,8,17H,7H2,1-3H3. The van der Waals surface area contributed by atoms with Crippen LogP contribution >= 0.6 is 11.3 Å². The van der Waals surface area contributed by atoms with E-state index in [4.69, 9.17) is 4.74 Å². The van der Waals surface area contributed by atoms with E-state index in [-0.39, 0.29) is 17.2 Å². The summed E-state index contributed by atoms with van der Waals surface area (Å²) < 4.78 is 5.00. The van der Waals surface area contributed by atoms with Crippen molar-refractivity contribution in [3.63, 3.8) is 0 Å². The van der Waals surface area contributed by atoms with Crippen molar-refractivity contribution in [1.82, 2.24) is 9.88 Å². The smallest absolute Gasteiger partial charge is 0.257 e. The quantitative estimate of drug-likeness (QED) is 0.940. The minimum Gasteiger partial charge on any atom is -0.507 e. The van der Waals surface area contributed by atoms with E-state index in [9.17, 15) is 9.90 Å². The Morgan fingerprint density at radius 1 is 1.50 bits per heavy atom. The van der Waals surface area contributed by atoms with Crippen LogP contribution in [0.1, 0.15) is 21.1 Å². The van der Waals surface area contributed by atoms with Gasteiger partial charge in [-0.1, -0.05) is 0 Å². The van der Waals surface area contributed by atoms with Gasteiger partial charge >= 0.3 is 0 Å². The number of rotatable bonds is 4. The van der Waals surface area contributed by atoms with Crippen molar-refractivity contribution in [2.75, 3.05) is 14.2 Å². The Hall–Kier alpha value is -2.08. The summed E-state index contributed by atoms with van der Waals surface area (Å²) in [5.41, 5.74) is 1.09. The van der Waals surface area contributed by atoms with Crippen LogP contribution in [-0.2, 0) is 6.54 Å². The van der Waals surface area contributed by atoms with Gasteiger partial charge in [-0.3, -0.25) is 4.79 Å². The number of carbonyl (C=O) groups is 1. The molecule has 1 N–H and O–H groups in total. The van der Waals surface area contributed by atoms with Crippen LogP contribution in [0, 0.1) is 6.92 Å². The van der Waals surface area contributed by atoms with Crippen molar-refractivity contribution in [2.24, 2.45) is 0 Å². The maximum atomic E-state index is 12.3. The molecule has 5 nitrogen and oxygen atoms in total. The number of aromatic hydroxyl groups is 1. The summed E-state index contributed by atoms with van der Waals surface area (Å²) in [6.45, 7) is 2.33. The molecule has 0 aliphatic carbocycles. The molecule has 0 saturated heterocycles. The number of methoxy groups -OCH3 is 1. The SMILES string of the molecule is COc1ccc(C(=O)N(C)Cc2csc(C)n2)c(O)c1. The second-order valence-corrected chi connectivity index (χ2v) is 5.46. The van der Waals surface area contributed by atoms with Crippen LogP contribution in [0.4, 0.5) is 0 Å². The molecule has 20 heavy (non-hydrogen) atoms. The van der Waals surface area contributed by atoms with E-state index in [2.05, 4.69) is 4.98 Å². The number of thiazole rings is 1. The molecule has 1 heterocycles. The number of phenolic OH excluding ortho intramolecular Hbond substituents is 1. The Bertz CT molecular complexity index is 625. The Kier molecular flexibility index (Phi) is 4.24. The highest BCUT2D eigenvalue weighted by molar-refractivity contribution is 7.09. The number of hydrogen-bond acceptors (Lipinski definition) is 5. The van der Waals surface area contributed by atoms with Gasteiger partial charge in [0, 0.05) is 18.5 Å². The van der Waals surface area contributed by atoms with Gasteiger partial charge in [-0.2, -0.15) is 0 Å². The van der Waals surface area contributed by atoms with Gasteiger partial charge in [0.05, 0.1) is 29.9 Å². The third kappa shape index (κ3) is 3.08. The van der Waals surface area contributed by atoms with Gasteiger partial charge in [-0.25, -0.2) is 4.98 Å². The predicted molar refractivity (Wildman–Crippen MR) is 77.3 cm³/mol. The normalized spacial score (nSPS) is 10.3. The number of aromatic nitrogens is 1. The van der Waals surface area contributed by atoms with Gasteiger partial charge in [0.25, 0.3) is 5.91 Å². The molecule has 0 radical (unpaired) electrons. The lowest BCUT2D eigenvalue weighted by Gasteiger charge is -2.17. The van der Waals surface area contributed by atoms with Crippen LogP contribution < -0.4 is 4.74 Å². The van der Waals surface area contributed by atoms with Crippen LogP contribution in [0.2, 0.25) is 0 Å². The molecule has 0 spiro atoms. The van der Waals surface area contributed by atoms with E-state index in [1.807, 2.05) is 12.3 Å². The number of aryl methyl sites for hydroxylation is 1. The van der Waals surface area contributed by atoms with E-state index in [0.717, 1.165) is 10.7 Å². The van der Waals surface area contributed by atoms with Crippen molar-refractivity contribution >= 4 is 17.2 Å². The lowest BCUT2D eigenvalue weighted by molar-refractivity contribution is 0.0780. The third-order valence-electron chi connectivity index (χ3n) is 2.85. The average Bonchev–Trinajstić information content (AvgIpc) is 2.83. The fourth-order valence-electron chi connectivity index (χ4n) is 1.82. The van der Waals surface area contributed by atoms with E-state index < -0.39 is 0 Å². The van der Waals surface area contributed by atoms with Crippen molar-refractivity contribution in [1.29, 1.82) is 0 Å². The summed E-state index contributed by atoms with van der Waals surface area (Å²) in [5, 5.41) is 12.8. The van der Waals surface area contributed by atoms with Crippen LogP contribution in [0.5, 0.6) is 11.5 Å². The maximum Gasteiger partial charge on any atom is 0.257 e. The van der Waals surface area contributed by atoms with Crippen LogP contribution in [-0.4, -0.2) is 35.1 Å². The minimum absolute atomic E-state index is 0.0874. The molecule has 0 unspecified atom stereocenters. The molecule has 0 fully saturated rings. The molecule has 0 atom stereocenters. The topological polar surface area (TPSA) is 62.7 Å². The van der Waals surface area contributed by atoms with Crippen molar-refractivity contribution in [3.8, 4) is 11.5 Å². The fraction of sp³-hybridized carbons (Fsp3) is 0.286. The molecule has 2 aromatic rings. The molecule has 6 heteroatoms. The van der Waals surface area contributed by atoms with Gasteiger partial charge in [0.1, 0.15) is 11.5 Å². The van der Waals surface area contributed by atoms with Crippen LogP contribution in [0.3, 0.4) is 0 Å². The van der Waals surface area contributed by atoms with E-state index >= 15 is 0 Å². The highest BCUT2D eigenvalue weighted by Crippen LogP contribution is 2.24. The first-order valence-electron chi connectivity index (χ1n) is 6.04. The summed E-state index contributed by atoms with van der Waals surface area (Å²) >= 11 is 1.55. The third-order valence-corrected chi connectivity index (χ3v) is 3.67. The number of carbonyl (C=O) groups excluding carboxylic acids is 1. The summed E-state index contributed by atoms with van der Waals surface area (Å²) in [6.07, 6.45) is 0. The molecular weight excluding hydrogens is 276 g/mol. The first-order valence-corrected chi connectivity index (χ1v) is 6.92. The molecule has 0 aliphatic rings. The summed E-state index contributed by atoms with van der Waals surface area (Å²) in [4.78, 5) is 18.1. The Labute approximate surface area is 121 Å². The molecular formula is C14H16N2O3S. The second kappa shape index (κ2) is 5.92. The predicted octanol–water partition coefficient (Wildman–Crippen LogP) is 2.44. The average molecular weight is 292 g/mol. The highest BCUT2D eigenvalue weighted by Gasteiger charge is 2.17. The number of amides is 1. The molecule has 2 rings (SSSR count). The monoisotopic (exact) mass is 292 g/mol. The first-order chi connectivity index (χ1) is 9.51. The molecule has 0 aliphatic heterocycles. The zero-order chi connectivity index (χ0) is 14.7. The van der Waals surface area contributed by atoms with Gasteiger partial charge < -0.3 is 14.7 Å². The van der Waals surface area contributed by atoms with Crippen molar-refractivity contribution < 1.29 is 14.6 Å². The molecule has 1 aromatic heterocycles. The summed E-state index contributed by atoms with van der Waals surface area (Å²) in [5.74, 6) is 0.170. The zero-order valence-electron chi connectivity index (χ0n) is 11.6. The lowest BCUT2D eigenvalue weighted by Crippen LogP contribution is -2.26. The molecule has 106 valence electrons. The maximum absolute atomic E-state index is 12.3. The Morgan fingerprint density at radius 3 is 2.80 bits per heavy atom. The zero-order valence-corrected chi connectivity index (χ0v) is 12.4. The van der Waals surface area contributed by atoms with E-state index in [1.54, 1.807) is 30.5 Å². The number of hydrogen-bond donors (Lipinski definition) is 1. The molecule has 1 amide bonds. The van der Waals surface area contributed by atoms with Crippen molar-refractivity contribution in [2.45, 2.75) is 13.5 Å². The van der Waals surface area contributed by atoms with Crippen LogP contribution in [0.25, 0.3) is 0 Å². The Morgan fingerprint density at radius 2 is 2.25 bits per heavy atom. The van der Waals surface area contributed by atoms with Gasteiger partial charge in [-0.05, 0) is 19.1 Å². The van der Waals surface area contributed by atoms with Crippen molar-refractivity contribution in [3.05, 3.63) is 39.8 Å². The summed E-state index contributed by atoms with van der Waals surface area (Å²) in [6, 6.07) is 4.63. The fourth-order valence-corrected chi connectivity index (χ4v) is 2.42. The van der Waals surface area contributed by atoms with E-state index in [1.165, 1.54) is 18.1 Å². The van der Waals surface area contributed by atoms with Crippen LogP contribution in [0.15, 0.2) is 23.6 Å². The first kappa shape index (κ1) is 14.3. The minimum atomic E-state index is -0.254. The number of phenols is 1. The largest absolute Gasteiger partial charge is 0.507 e. The second-order valence-electron chi connectivity index (χ2n) is 4.40. The molecule has 0 bridgehead atoms. The molecule has 1 aromatic carbocycles. The molecule has 0 saturated carbocycles. The highest BCUT2D eigenvalue weighted by atomic mass is 32.1. The number of nitrogens with zero attached hydrogens (tertiary/aromatic N) is 2. The van der Waals surface area contributed by atoms with E-state index in [0.29, 0.717) is 12.3 Å². The lowest BCUT2D eigenvalue weighted by atomic mass is 10.1.